The zero-order valence-electron chi connectivity index (χ0n) is 20.5. The van der Waals surface area contributed by atoms with Crippen LogP contribution in [-0.4, -0.2) is 74.9 Å². The highest BCUT2D eigenvalue weighted by atomic mass is 19.1. The van der Waals surface area contributed by atoms with Gasteiger partial charge in [0.1, 0.15) is 11.6 Å². The number of fused-ring (bicyclic) bond motifs is 1. The Morgan fingerprint density at radius 2 is 2.05 bits per heavy atom. The Balaban J connectivity index is 1.47. The number of benzene rings is 1. The van der Waals surface area contributed by atoms with Crippen molar-refractivity contribution in [1.82, 2.24) is 25.0 Å². The van der Waals surface area contributed by atoms with Crippen LogP contribution in [0.5, 0.6) is 0 Å². The minimum atomic E-state index is -1.14. The highest BCUT2D eigenvalue weighted by Crippen LogP contribution is 2.42. The first kappa shape index (κ1) is 23.4. The van der Waals surface area contributed by atoms with Crippen LogP contribution >= 0.6 is 0 Å². The van der Waals surface area contributed by atoms with Crippen LogP contribution in [0.25, 0.3) is 16.9 Å². The summed E-state index contributed by atoms with van der Waals surface area (Å²) in [5.41, 5.74) is 0.887. The van der Waals surface area contributed by atoms with Crippen molar-refractivity contribution in [3.63, 3.8) is 0 Å². The Hall–Kier alpha value is -3.99. The van der Waals surface area contributed by atoms with Crippen molar-refractivity contribution in [3.8, 4) is 5.82 Å². The van der Waals surface area contributed by atoms with Gasteiger partial charge in [-0.3, -0.25) is 9.89 Å². The van der Waals surface area contributed by atoms with Crippen molar-refractivity contribution in [1.29, 1.82) is 0 Å². The number of pyridine rings is 1. The lowest BCUT2D eigenvalue weighted by molar-refractivity contribution is -0.144. The van der Waals surface area contributed by atoms with Crippen LogP contribution in [0.15, 0.2) is 48.8 Å². The first-order valence-corrected chi connectivity index (χ1v) is 12.4. The summed E-state index contributed by atoms with van der Waals surface area (Å²) in [4.78, 5) is 22.2. The molecule has 10 nitrogen and oxygen atoms in total. The number of H-pyrrole nitrogens is 1. The number of ether oxygens (including phenoxy) is 1. The minimum absolute atomic E-state index is 0.0886. The molecule has 2 fully saturated rings. The Morgan fingerprint density at radius 3 is 2.76 bits per heavy atom. The molecule has 0 aliphatic carbocycles. The van der Waals surface area contributed by atoms with Gasteiger partial charge in [0.15, 0.2) is 11.5 Å². The number of carboxylic acid groups (broad SMARTS) is 1. The van der Waals surface area contributed by atoms with E-state index in [2.05, 4.69) is 27.1 Å². The third kappa shape index (κ3) is 3.99. The molecule has 5 heterocycles. The highest BCUT2D eigenvalue weighted by molar-refractivity contribution is 5.92. The number of carbonyl (C=O) groups is 1. The molecule has 0 radical (unpaired) electrons. The van der Waals surface area contributed by atoms with Crippen molar-refractivity contribution in [2.45, 2.75) is 31.2 Å². The number of nitrogens with one attached hydrogen (secondary N) is 1. The average Bonchev–Trinajstić information content (AvgIpc) is 3.58. The molecule has 2 N–H and O–H groups in total. The summed E-state index contributed by atoms with van der Waals surface area (Å²) in [6.45, 7) is 4.84. The lowest BCUT2D eigenvalue weighted by atomic mass is 9.72. The number of aromatic amines is 1. The predicted octanol–water partition coefficient (Wildman–Crippen LogP) is 3.13. The number of morpholine rings is 1. The van der Waals surface area contributed by atoms with Gasteiger partial charge in [0.2, 0.25) is 0 Å². The lowest BCUT2D eigenvalue weighted by Crippen LogP contribution is -2.48. The lowest BCUT2D eigenvalue weighted by Gasteiger charge is -2.41. The number of anilines is 2. The van der Waals surface area contributed by atoms with Crippen LogP contribution in [0, 0.1) is 5.82 Å². The molecule has 0 unspecified atom stereocenters. The van der Waals surface area contributed by atoms with Gasteiger partial charge in [-0.2, -0.15) is 14.9 Å². The molecule has 37 heavy (non-hydrogen) atoms. The molecule has 1 aromatic carbocycles. The summed E-state index contributed by atoms with van der Waals surface area (Å²) < 4.78 is 21.1. The highest BCUT2D eigenvalue weighted by Gasteiger charge is 2.45. The Labute approximate surface area is 212 Å². The molecular formula is C26H28FN7O3. The van der Waals surface area contributed by atoms with E-state index in [1.54, 1.807) is 29.2 Å². The van der Waals surface area contributed by atoms with Crippen LogP contribution in [0.3, 0.4) is 0 Å². The Morgan fingerprint density at radius 1 is 1.22 bits per heavy atom. The molecule has 3 aromatic heterocycles. The third-order valence-electron chi connectivity index (χ3n) is 7.62. The number of hydrogen-bond donors (Lipinski definition) is 2. The molecule has 4 aromatic rings. The second-order valence-electron chi connectivity index (χ2n) is 9.74. The van der Waals surface area contributed by atoms with Crippen molar-refractivity contribution < 1.29 is 19.0 Å². The number of rotatable bonds is 5. The van der Waals surface area contributed by atoms with Crippen molar-refractivity contribution >= 4 is 28.5 Å². The fourth-order valence-corrected chi connectivity index (χ4v) is 5.56. The maximum Gasteiger partial charge on any atom is 0.314 e. The number of nitrogens with zero attached hydrogens (tertiary/aromatic N) is 6. The van der Waals surface area contributed by atoms with Gasteiger partial charge in [-0.25, -0.2) is 9.37 Å². The summed E-state index contributed by atoms with van der Waals surface area (Å²) in [5, 5.41) is 22.9. The second-order valence-corrected chi connectivity index (χ2v) is 9.74. The molecule has 2 aliphatic heterocycles. The smallest absolute Gasteiger partial charge is 0.314 e. The first-order valence-electron chi connectivity index (χ1n) is 12.4. The molecule has 0 bridgehead atoms. The summed E-state index contributed by atoms with van der Waals surface area (Å²) in [7, 11) is 0. The molecule has 0 spiro atoms. The maximum atomic E-state index is 13.9. The van der Waals surface area contributed by atoms with E-state index >= 15 is 0 Å². The molecule has 2 saturated heterocycles. The fourth-order valence-electron chi connectivity index (χ4n) is 5.56. The van der Waals surface area contributed by atoms with Gasteiger partial charge in [-0.15, -0.1) is 0 Å². The predicted molar refractivity (Wildman–Crippen MR) is 136 cm³/mol. The van der Waals surface area contributed by atoms with Crippen LogP contribution in [0.4, 0.5) is 15.9 Å². The molecular weight excluding hydrogens is 477 g/mol. The van der Waals surface area contributed by atoms with E-state index in [0.29, 0.717) is 73.9 Å². The average molecular weight is 506 g/mol. The van der Waals surface area contributed by atoms with E-state index in [1.807, 2.05) is 17.0 Å². The van der Waals surface area contributed by atoms with Gasteiger partial charge < -0.3 is 19.6 Å². The number of aromatic nitrogens is 5. The molecule has 0 amide bonds. The number of aliphatic carboxylic acids is 1. The SMILES string of the molecule is C[C@@H]1COCCN1c1cc(C2(C(=O)O)CCN(c3cccc(F)c3)CC2)c2cnn(-c3ccn[nH]3)c2n1. The molecule has 6 rings (SSSR count). The van der Waals surface area contributed by atoms with Crippen molar-refractivity contribution in [2.75, 3.05) is 42.6 Å². The van der Waals surface area contributed by atoms with Gasteiger partial charge in [0, 0.05) is 36.8 Å². The number of piperidine rings is 1. The largest absolute Gasteiger partial charge is 0.481 e. The van der Waals surface area contributed by atoms with Crippen molar-refractivity contribution in [3.05, 3.63) is 60.2 Å². The van der Waals surface area contributed by atoms with Gasteiger partial charge in [0.05, 0.1) is 37.1 Å². The van der Waals surface area contributed by atoms with Crippen LogP contribution in [-0.2, 0) is 14.9 Å². The second kappa shape index (κ2) is 9.15. The Kier molecular flexibility index (Phi) is 5.79. The minimum Gasteiger partial charge on any atom is -0.481 e. The molecule has 2 aliphatic rings. The van der Waals surface area contributed by atoms with Crippen molar-refractivity contribution in [2.24, 2.45) is 0 Å². The summed E-state index contributed by atoms with van der Waals surface area (Å²) in [6, 6.07) is 10.2. The standard InChI is InChI=1S/C26H28FN7O3/c1-17-16-37-12-11-33(17)23-14-21(20-15-29-34(24(20)30-23)22-5-8-28-31-22)26(25(35)36)6-9-32(10-7-26)19-4-2-3-18(27)13-19/h2-5,8,13-15,17H,6-7,9-12,16H2,1H3,(H,28,31)(H,35,36)/t17-/m1/s1. The summed E-state index contributed by atoms with van der Waals surface area (Å²) in [5.74, 6) is 0.159. The number of carboxylic acids is 1. The number of hydrogen-bond acceptors (Lipinski definition) is 7. The van der Waals surface area contributed by atoms with E-state index in [0.717, 1.165) is 5.69 Å². The Bertz CT molecular complexity index is 1430. The van der Waals surface area contributed by atoms with Gasteiger partial charge in [-0.1, -0.05) is 6.07 Å². The molecule has 11 heteroatoms. The summed E-state index contributed by atoms with van der Waals surface area (Å²) >= 11 is 0. The van der Waals surface area contributed by atoms with Crippen LogP contribution in [0.2, 0.25) is 0 Å². The fraction of sp³-hybridized carbons (Fsp3) is 0.385. The van der Waals surface area contributed by atoms with E-state index in [4.69, 9.17) is 9.72 Å². The van der Waals surface area contributed by atoms with Gasteiger partial charge in [-0.05, 0) is 49.6 Å². The normalized spacial score (nSPS) is 19.9. The zero-order valence-corrected chi connectivity index (χ0v) is 20.5. The quantitative estimate of drug-likeness (QED) is 0.426. The van der Waals surface area contributed by atoms with Crippen LogP contribution in [0.1, 0.15) is 25.3 Å². The van der Waals surface area contributed by atoms with E-state index in [1.165, 1.54) is 12.1 Å². The monoisotopic (exact) mass is 505 g/mol. The number of halogens is 1. The van der Waals surface area contributed by atoms with E-state index < -0.39 is 11.4 Å². The van der Waals surface area contributed by atoms with E-state index in [-0.39, 0.29) is 11.9 Å². The van der Waals surface area contributed by atoms with Gasteiger partial charge in [0.25, 0.3) is 0 Å². The molecule has 0 saturated carbocycles. The molecule has 1 atom stereocenters. The zero-order chi connectivity index (χ0) is 25.6. The van der Waals surface area contributed by atoms with Crippen LogP contribution < -0.4 is 9.80 Å². The molecule has 192 valence electrons. The van der Waals surface area contributed by atoms with Gasteiger partial charge >= 0.3 is 5.97 Å². The van der Waals surface area contributed by atoms with E-state index in [9.17, 15) is 14.3 Å². The first-order chi connectivity index (χ1) is 18.0. The third-order valence-corrected chi connectivity index (χ3v) is 7.62. The maximum absolute atomic E-state index is 13.9. The topological polar surface area (TPSA) is 112 Å². The summed E-state index contributed by atoms with van der Waals surface area (Å²) in [6.07, 6.45) is 4.06.